The van der Waals surface area contributed by atoms with E-state index < -0.39 is 0 Å². The van der Waals surface area contributed by atoms with Gasteiger partial charge in [-0.25, -0.2) is 4.98 Å². The van der Waals surface area contributed by atoms with Crippen LogP contribution in [0.4, 0.5) is 5.69 Å². The predicted molar refractivity (Wildman–Crippen MR) is 77.4 cm³/mol. The van der Waals surface area contributed by atoms with Crippen molar-refractivity contribution in [3.05, 3.63) is 30.1 Å². The lowest BCUT2D eigenvalue weighted by molar-refractivity contribution is 0.672. The van der Waals surface area contributed by atoms with Crippen molar-refractivity contribution < 1.29 is 0 Å². The van der Waals surface area contributed by atoms with Crippen LogP contribution in [-0.4, -0.2) is 29.3 Å². The van der Waals surface area contributed by atoms with Crippen molar-refractivity contribution in [3.63, 3.8) is 0 Å². The lowest BCUT2D eigenvalue weighted by atomic mass is 10.1. The average molecular weight is 256 g/mol. The minimum atomic E-state index is 0.585. The monoisotopic (exact) mass is 256 g/mol. The second-order valence-corrected chi connectivity index (χ2v) is 5.47. The summed E-state index contributed by atoms with van der Waals surface area (Å²) in [4.78, 5) is 6.75. The Morgan fingerprint density at radius 2 is 1.79 bits per heavy atom. The van der Waals surface area contributed by atoms with Crippen molar-refractivity contribution in [2.75, 3.05) is 19.0 Å². The topological polar surface area (TPSA) is 44.8 Å². The van der Waals surface area contributed by atoms with E-state index in [0.29, 0.717) is 5.92 Å². The summed E-state index contributed by atoms with van der Waals surface area (Å²) in [5, 5.41) is 7.47. The minimum absolute atomic E-state index is 0.585. The van der Waals surface area contributed by atoms with Gasteiger partial charge >= 0.3 is 0 Å². The summed E-state index contributed by atoms with van der Waals surface area (Å²) in [6.45, 7) is 0. The lowest BCUT2D eigenvalue weighted by Gasteiger charge is -2.11. The van der Waals surface area contributed by atoms with Crippen LogP contribution in [0.5, 0.6) is 0 Å². The number of hydrogen-bond donors (Lipinski definition) is 1. The van der Waals surface area contributed by atoms with Crippen LogP contribution < -0.4 is 4.90 Å². The van der Waals surface area contributed by atoms with Gasteiger partial charge in [-0.2, -0.15) is 5.10 Å². The smallest absolute Gasteiger partial charge is 0.181 e. The average Bonchev–Trinajstić information content (AvgIpc) is 3.10. The van der Waals surface area contributed by atoms with Crippen LogP contribution in [0.25, 0.3) is 11.4 Å². The summed E-state index contributed by atoms with van der Waals surface area (Å²) in [6.07, 6.45) is 5.12. The Labute approximate surface area is 113 Å². The molecular weight excluding hydrogens is 236 g/mol. The first-order valence-electron chi connectivity index (χ1n) is 6.94. The van der Waals surface area contributed by atoms with Gasteiger partial charge < -0.3 is 4.90 Å². The van der Waals surface area contributed by atoms with E-state index in [-0.39, 0.29) is 0 Å². The van der Waals surface area contributed by atoms with Gasteiger partial charge in [-0.1, -0.05) is 12.8 Å². The first kappa shape index (κ1) is 12.2. The van der Waals surface area contributed by atoms with E-state index in [1.807, 2.05) is 14.1 Å². The third-order valence-corrected chi connectivity index (χ3v) is 3.89. The van der Waals surface area contributed by atoms with Gasteiger partial charge in [-0.3, -0.25) is 5.10 Å². The zero-order chi connectivity index (χ0) is 13.2. The Morgan fingerprint density at radius 1 is 1.11 bits per heavy atom. The van der Waals surface area contributed by atoms with E-state index >= 15 is 0 Å². The van der Waals surface area contributed by atoms with Crippen LogP contribution in [0.3, 0.4) is 0 Å². The lowest BCUT2D eigenvalue weighted by Crippen LogP contribution is -2.07. The van der Waals surface area contributed by atoms with Crippen molar-refractivity contribution in [2.24, 2.45) is 0 Å². The summed E-state index contributed by atoms with van der Waals surface area (Å²) in [5.41, 5.74) is 2.27. The molecule has 100 valence electrons. The highest BCUT2D eigenvalue weighted by atomic mass is 15.2. The molecular formula is C15H20N4. The number of aromatic nitrogens is 3. The molecule has 4 heteroatoms. The van der Waals surface area contributed by atoms with E-state index in [4.69, 9.17) is 0 Å². The summed E-state index contributed by atoms with van der Waals surface area (Å²) in [6, 6.07) is 8.36. The van der Waals surface area contributed by atoms with Gasteiger partial charge in [0.1, 0.15) is 5.82 Å². The van der Waals surface area contributed by atoms with Gasteiger partial charge in [-0.15, -0.1) is 0 Å². The number of anilines is 1. The highest BCUT2D eigenvalue weighted by Crippen LogP contribution is 2.32. The van der Waals surface area contributed by atoms with Crippen molar-refractivity contribution >= 4 is 5.69 Å². The highest BCUT2D eigenvalue weighted by molar-refractivity contribution is 5.59. The van der Waals surface area contributed by atoms with Crippen LogP contribution in [-0.2, 0) is 0 Å². The number of nitrogens with one attached hydrogen (secondary N) is 1. The van der Waals surface area contributed by atoms with Crippen molar-refractivity contribution in [3.8, 4) is 11.4 Å². The molecule has 0 radical (unpaired) electrons. The van der Waals surface area contributed by atoms with Gasteiger partial charge in [-0.05, 0) is 37.1 Å². The van der Waals surface area contributed by atoms with Gasteiger partial charge in [0, 0.05) is 31.3 Å². The molecule has 1 aliphatic rings. The Bertz CT molecular complexity index is 536. The largest absolute Gasteiger partial charge is 0.378 e. The molecule has 0 unspecified atom stereocenters. The molecule has 0 bridgehead atoms. The number of benzene rings is 1. The molecule has 0 spiro atoms. The first-order valence-corrected chi connectivity index (χ1v) is 6.94. The molecule has 0 saturated heterocycles. The van der Waals surface area contributed by atoms with E-state index in [0.717, 1.165) is 17.2 Å². The molecule has 1 saturated carbocycles. The molecule has 1 aromatic heterocycles. The fourth-order valence-electron chi connectivity index (χ4n) is 2.69. The molecule has 1 heterocycles. The SMILES string of the molecule is CN(C)c1ccc(-c2n[nH]c(C3CCCC3)n2)cc1. The fourth-order valence-corrected chi connectivity index (χ4v) is 2.69. The second kappa shape index (κ2) is 5.03. The molecule has 1 fully saturated rings. The molecule has 2 aromatic rings. The van der Waals surface area contributed by atoms with Crippen LogP contribution in [0, 0.1) is 0 Å². The molecule has 1 aliphatic carbocycles. The summed E-state index contributed by atoms with van der Waals surface area (Å²) < 4.78 is 0. The maximum atomic E-state index is 4.66. The number of rotatable bonds is 3. The van der Waals surface area contributed by atoms with E-state index in [1.54, 1.807) is 0 Å². The summed E-state index contributed by atoms with van der Waals surface area (Å²) in [7, 11) is 4.08. The van der Waals surface area contributed by atoms with E-state index in [1.165, 1.54) is 31.4 Å². The van der Waals surface area contributed by atoms with Crippen LogP contribution in [0.15, 0.2) is 24.3 Å². The van der Waals surface area contributed by atoms with Crippen LogP contribution in [0.1, 0.15) is 37.4 Å². The Hall–Kier alpha value is -1.84. The maximum absolute atomic E-state index is 4.66. The number of aromatic amines is 1. The van der Waals surface area contributed by atoms with Crippen molar-refractivity contribution in [2.45, 2.75) is 31.6 Å². The summed E-state index contributed by atoms with van der Waals surface area (Å²) in [5.74, 6) is 2.46. The van der Waals surface area contributed by atoms with E-state index in [2.05, 4.69) is 44.3 Å². The van der Waals surface area contributed by atoms with Crippen molar-refractivity contribution in [1.29, 1.82) is 0 Å². The fraction of sp³-hybridized carbons (Fsp3) is 0.467. The third-order valence-electron chi connectivity index (χ3n) is 3.89. The Kier molecular flexibility index (Phi) is 3.23. The zero-order valence-electron chi connectivity index (χ0n) is 11.6. The molecule has 0 aliphatic heterocycles. The summed E-state index contributed by atoms with van der Waals surface area (Å²) >= 11 is 0. The first-order chi connectivity index (χ1) is 9.24. The standard InChI is InChI=1S/C15H20N4/c1-19(2)13-9-7-12(8-10-13)15-16-14(17-18-15)11-5-3-4-6-11/h7-11H,3-6H2,1-2H3,(H,16,17,18). The normalized spacial score (nSPS) is 15.9. The minimum Gasteiger partial charge on any atom is -0.378 e. The highest BCUT2D eigenvalue weighted by Gasteiger charge is 2.20. The molecule has 4 nitrogen and oxygen atoms in total. The maximum Gasteiger partial charge on any atom is 0.181 e. The molecule has 1 aromatic carbocycles. The predicted octanol–water partition coefficient (Wildman–Crippen LogP) is 3.20. The van der Waals surface area contributed by atoms with Crippen molar-refractivity contribution in [1.82, 2.24) is 15.2 Å². The van der Waals surface area contributed by atoms with Gasteiger partial charge in [0.2, 0.25) is 0 Å². The Morgan fingerprint density at radius 3 is 2.42 bits per heavy atom. The van der Waals surface area contributed by atoms with Crippen LogP contribution >= 0.6 is 0 Å². The van der Waals surface area contributed by atoms with Gasteiger partial charge in [0.15, 0.2) is 5.82 Å². The molecule has 0 atom stereocenters. The molecule has 3 rings (SSSR count). The number of H-pyrrole nitrogens is 1. The molecule has 0 amide bonds. The second-order valence-electron chi connectivity index (χ2n) is 5.47. The molecule has 19 heavy (non-hydrogen) atoms. The zero-order valence-corrected chi connectivity index (χ0v) is 11.6. The number of nitrogens with zero attached hydrogens (tertiary/aromatic N) is 3. The molecule has 1 N–H and O–H groups in total. The van der Waals surface area contributed by atoms with E-state index in [9.17, 15) is 0 Å². The van der Waals surface area contributed by atoms with Gasteiger partial charge in [0.25, 0.3) is 0 Å². The quantitative estimate of drug-likeness (QED) is 0.917. The third kappa shape index (κ3) is 2.48. The van der Waals surface area contributed by atoms with Crippen LogP contribution in [0.2, 0.25) is 0 Å². The Balaban J connectivity index is 1.81. The van der Waals surface area contributed by atoms with Gasteiger partial charge in [0.05, 0.1) is 0 Å². The number of hydrogen-bond acceptors (Lipinski definition) is 3.